The van der Waals surface area contributed by atoms with E-state index in [1.165, 1.54) is 0 Å². The normalized spacial score (nSPS) is 10.0. The van der Waals surface area contributed by atoms with Gasteiger partial charge in [-0.15, -0.1) is 0 Å². The molecule has 2 aromatic rings. The smallest absolute Gasteiger partial charge is 0.338 e. The summed E-state index contributed by atoms with van der Waals surface area (Å²) in [6.45, 7) is 4.14. The van der Waals surface area contributed by atoms with Crippen molar-refractivity contribution in [2.24, 2.45) is 0 Å². The number of benzene rings is 1. The number of esters is 1. The molecule has 4 nitrogen and oxygen atoms in total. The first-order chi connectivity index (χ1) is 9.19. The molecule has 1 aromatic heterocycles. The first-order valence-electron chi connectivity index (χ1n) is 6.16. The van der Waals surface area contributed by atoms with Crippen molar-refractivity contribution in [1.29, 1.82) is 0 Å². The van der Waals surface area contributed by atoms with E-state index in [9.17, 15) is 4.79 Å². The van der Waals surface area contributed by atoms with Gasteiger partial charge in [-0.05, 0) is 43.7 Å². The summed E-state index contributed by atoms with van der Waals surface area (Å²) in [6, 6.07) is 11.0. The first-order valence-corrected chi connectivity index (χ1v) is 6.16. The Kier molecular flexibility index (Phi) is 4.13. The summed E-state index contributed by atoms with van der Waals surface area (Å²) in [5.41, 5.74) is 2.44. The summed E-state index contributed by atoms with van der Waals surface area (Å²) in [4.78, 5) is 15.9. The topological polar surface area (TPSA) is 51.2 Å². The van der Waals surface area contributed by atoms with E-state index >= 15 is 0 Å². The number of nitrogens with zero attached hydrogens (tertiary/aromatic N) is 1. The lowest BCUT2D eigenvalue weighted by molar-refractivity contribution is 0.0526. The summed E-state index contributed by atoms with van der Waals surface area (Å²) >= 11 is 0. The van der Waals surface area contributed by atoms with Gasteiger partial charge < -0.3 is 10.1 Å². The SMILES string of the molecule is CCOC(=O)c1cccc(Nc2ccc(C)cn2)c1. The maximum atomic E-state index is 11.6. The van der Waals surface area contributed by atoms with Crippen molar-refractivity contribution in [1.82, 2.24) is 4.98 Å². The maximum absolute atomic E-state index is 11.6. The summed E-state index contributed by atoms with van der Waals surface area (Å²) in [5, 5.41) is 3.15. The lowest BCUT2D eigenvalue weighted by atomic mass is 10.2. The Hall–Kier alpha value is -2.36. The second-order valence-corrected chi connectivity index (χ2v) is 4.15. The van der Waals surface area contributed by atoms with Gasteiger partial charge in [0.15, 0.2) is 0 Å². The van der Waals surface area contributed by atoms with Crippen LogP contribution in [0.2, 0.25) is 0 Å². The minimum Gasteiger partial charge on any atom is -0.462 e. The highest BCUT2D eigenvalue weighted by Gasteiger charge is 2.06. The van der Waals surface area contributed by atoms with Gasteiger partial charge in [0.1, 0.15) is 5.82 Å². The van der Waals surface area contributed by atoms with Crippen molar-refractivity contribution < 1.29 is 9.53 Å². The number of aryl methyl sites for hydroxylation is 1. The highest BCUT2D eigenvalue weighted by atomic mass is 16.5. The molecular formula is C15H16N2O2. The lowest BCUT2D eigenvalue weighted by Gasteiger charge is -2.07. The second kappa shape index (κ2) is 6.00. The Labute approximate surface area is 112 Å². The zero-order valence-corrected chi connectivity index (χ0v) is 11.0. The number of carbonyl (C=O) groups excluding carboxylic acids is 1. The fourth-order valence-electron chi connectivity index (χ4n) is 1.63. The molecule has 0 aliphatic rings. The molecule has 0 bridgehead atoms. The molecule has 4 heteroatoms. The van der Waals surface area contributed by atoms with Crippen LogP contribution in [-0.4, -0.2) is 17.6 Å². The largest absolute Gasteiger partial charge is 0.462 e. The summed E-state index contributed by atoms with van der Waals surface area (Å²) < 4.78 is 4.97. The average Bonchev–Trinajstić information content (AvgIpc) is 2.42. The molecular weight excluding hydrogens is 240 g/mol. The Morgan fingerprint density at radius 1 is 1.32 bits per heavy atom. The molecule has 0 saturated carbocycles. The van der Waals surface area contributed by atoms with Crippen molar-refractivity contribution in [2.75, 3.05) is 11.9 Å². The fraction of sp³-hybridized carbons (Fsp3) is 0.200. The van der Waals surface area contributed by atoms with Crippen molar-refractivity contribution >= 4 is 17.5 Å². The molecule has 0 aliphatic heterocycles. The fourth-order valence-corrected chi connectivity index (χ4v) is 1.63. The molecule has 0 radical (unpaired) electrons. The Morgan fingerprint density at radius 2 is 2.16 bits per heavy atom. The number of hydrogen-bond donors (Lipinski definition) is 1. The molecule has 1 aromatic carbocycles. The number of rotatable bonds is 4. The van der Waals surface area contributed by atoms with E-state index in [4.69, 9.17) is 4.74 Å². The van der Waals surface area contributed by atoms with Crippen LogP contribution in [0, 0.1) is 6.92 Å². The van der Waals surface area contributed by atoms with Crippen molar-refractivity contribution in [3.8, 4) is 0 Å². The molecule has 2 rings (SSSR count). The van der Waals surface area contributed by atoms with Gasteiger partial charge in [-0.1, -0.05) is 12.1 Å². The molecule has 0 spiro atoms. The monoisotopic (exact) mass is 256 g/mol. The van der Waals surface area contributed by atoms with Crippen LogP contribution in [0.5, 0.6) is 0 Å². The Bertz CT molecular complexity index is 565. The van der Waals surface area contributed by atoms with E-state index in [0.29, 0.717) is 12.2 Å². The summed E-state index contributed by atoms with van der Waals surface area (Å²) in [7, 11) is 0. The third-order valence-corrected chi connectivity index (χ3v) is 2.56. The van der Waals surface area contributed by atoms with Crippen LogP contribution in [0.1, 0.15) is 22.8 Å². The van der Waals surface area contributed by atoms with Gasteiger partial charge in [-0.25, -0.2) is 9.78 Å². The first kappa shape index (κ1) is 13.1. The minimum absolute atomic E-state index is 0.317. The van der Waals surface area contributed by atoms with E-state index in [1.54, 1.807) is 25.3 Å². The molecule has 0 saturated heterocycles. The van der Waals surface area contributed by atoms with E-state index in [-0.39, 0.29) is 5.97 Å². The van der Waals surface area contributed by atoms with Crippen LogP contribution in [0.4, 0.5) is 11.5 Å². The Morgan fingerprint density at radius 3 is 2.84 bits per heavy atom. The number of pyridine rings is 1. The maximum Gasteiger partial charge on any atom is 0.338 e. The molecule has 0 unspecified atom stereocenters. The summed E-state index contributed by atoms with van der Waals surface area (Å²) in [5.74, 6) is 0.426. The van der Waals surface area contributed by atoms with Gasteiger partial charge in [0.25, 0.3) is 0 Å². The van der Waals surface area contributed by atoms with E-state index < -0.39 is 0 Å². The number of carbonyl (C=O) groups is 1. The number of nitrogens with one attached hydrogen (secondary N) is 1. The van der Waals surface area contributed by atoms with Crippen LogP contribution in [0.3, 0.4) is 0 Å². The number of aromatic nitrogens is 1. The average molecular weight is 256 g/mol. The standard InChI is InChI=1S/C15H16N2O2/c1-3-19-15(18)12-5-4-6-13(9-12)17-14-8-7-11(2)10-16-14/h4-10H,3H2,1-2H3,(H,16,17). The molecule has 0 amide bonds. The summed E-state index contributed by atoms with van der Waals surface area (Å²) in [6.07, 6.45) is 1.79. The van der Waals surface area contributed by atoms with Crippen LogP contribution in [-0.2, 0) is 4.74 Å². The highest BCUT2D eigenvalue weighted by Crippen LogP contribution is 2.16. The van der Waals surface area contributed by atoms with E-state index in [1.807, 2.05) is 31.2 Å². The van der Waals surface area contributed by atoms with Crippen molar-refractivity contribution in [2.45, 2.75) is 13.8 Å². The van der Waals surface area contributed by atoms with Gasteiger partial charge in [0.2, 0.25) is 0 Å². The molecule has 0 aliphatic carbocycles. The van der Waals surface area contributed by atoms with Gasteiger partial charge in [0, 0.05) is 11.9 Å². The molecule has 98 valence electrons. The van der Waals surface area contributed by atoms with Crippen LogP contribution < -0.4 is 5.32 Å². The van der Waals surface area contributed by atoms with E-state index in [0.717, 1.165) is 17.1 Å². The van der Waals surface area contributed by atoms with Crippen LogP contribution >= 0.6 is 0 Å². The molecule has 1 N–H and O–H groups in total. The predicted octanol–water partition coefficient (Wildman–Crippen LogP) is 3.31. The van der Waals surface area contributed by atoms with E-state index in [2.05, 4.69) is 10.3 Å². The number of anilines is 2. The zero-order chi connectivity index (χ0) is 13.7. The van der Waals surface area contributed by atoms with Gasteiger partial charge in [0.05, 0.1) is 12.2 Å². The van der Waals surface area contributed by atoms with Gasteiger partial charge in [-0.3, -0.25) is 0 Å². The number of ether oxygens (including phenoxy) is 1. The predicted molar refractivity (Wildman–Crippen MR) is 74.7 cm³/mol. The quantitative estimate of drug-likeness (QED) is 0.853. The highest BCUT2D eigenvalue weighted by molar-refractivity contribution is 5.90. The third-order valence-electron chi connectivity index (χ3n) is 2.56. The van der Waals surface area contributed by atoms with Crippen molar-refractivity contribution in [3.63, 3.8) is 0 Å². The molecule has 1 heterocycles. The van der Waals surface area contributed by atoms with Crippen LogP contribution in [0.15, 0.2) is 42.6 Å². The van der Waals surface area contributed by atoms with Gasteiger partial charge in [-0.2, -0.15) is 0 Å². The van der Waals surface area contributed by atoms with Crippen LogP contribution in [0.25, 0.3) is 0 Å². The molecule has 19 heavy (non-hydrogen) atoms. The molecule has 0 fully saturated rings. The molecule has 0 atom stereocenters. The number of hydrogen-bond acceptors (Lipinski definition) is 4. The van der Waals surface area contributed by atoms with Crippen molar-refractivity contribution in [3.05, 3.63) is 53.7 Å². The Balaban J connectivity index is 2.15. The van der Waals surface area contributed by atoms with Gasteiger partial charge >= 0.3 is 5.97 Å². The minimum atomic E-state index is -0.317. The lowest BCUT2D eigenvalue weighted by Crippen LogP contribution is -2.05. The second-order valence-electron chi connectivity index (χ2n) is 4.15. The zero-order valence-electron chi connectivity index (χ0n) is 11.0. The third kappa shape index (κ3) is 3.55.